The zero-order valence-electron chi connectivity index (χ0n) is 15.2. The summed E-state index contributed by atoms with van der Waals surface area (Å²) in [6, 6.07) is 12.1. The summed E-state index contributed by atoms with van der Waals surface area (Å²) in [4.78, 5) is 25.2. The second-order valence-electron chi connectivity index (χ2n) is 6.76. The first-order chi connectivity index (χ1) is 12.3. The monoisotopic (exact) mass is 351 g/mol. The lowest BCUT2D eigenvalue weighted by atomic mass is 10.0. The van der Waals surface area contributed by atoms with E-state index in [-0.39, 0.29) is 11.5 Å². The first-order valence-corrected chi connectivity index (χ1v) is 8.32. The fourth-order valence-electron chi connectivity index (χ4n) is 2.57. The van der Waals surface area contributed by atoms with Crippen LogP contribution in [0.3, 0.4) is 0 Å². The Hall–Kier alpha value is -3.15. The maximum Gasteiger partial charge on any atom is 0.267 e. The molecule has 0 fully saturated rings. The van der Waals surface area contributed by atoms with Crippen molar-refractivity contribution in [2.24, 2.45) is 0 Å². The van der Waals surface area contributed by atoms with Gasteiger partial charge in [-0.1, -0.05) is 6.07 Å². The minimum atomic E-state index is -1.18. The maximum atomic E-state index is 12.8. The zero-order valence-corrected chi connectivity index (χ0v) is 15.2. The van der Waals surface area contributed by atoms with E-state index in [9.17, 15) is 9.59 Å². The SMILES string of the molecule is Cc1ccc(NC(=O)C(C)(C)n2nc(-c3ccco3)ccc2=O)cc1C. The Morgan fingerprint density at radius 1 is 1.12 bits per heavy atom. The summed E-state index contributed by atoms with van der Waals surface area (Å²) in [7, 11) is 0. The average molecular weight is 351 g/mol. The predicted octanol–water partition coefficient (Wildman–Crippen LogP) is 3.49. The van der Waals surface area contributed by atoms with Gasteiger partial charge in [-0.3, -0.25) is 9.59 Å². The Bertz CT molecular complexity index is 1000. The summed E-state index contributed by atoms with van der Waals surface area (Å²) in [5, 5.41) is 7.20. The van der Waals surface area contributed by atoms with Gasteiger partial charge in [-0.2, -0.15) is 5.10 Å². The van der Waals surface area contributed by atoms with Crippen LogP contribution in [0.4, 0.5) is 5.69 Å². The van der Waals surface area contributed by atoms with Crippen molar-refractivity contribution in [1.29, 1.82) is 0 Å². The van der Waals surface area contributed by atoms with Crippen molar-refractivity contribution in [2.75, 3.05) is 5.32 Å². The molecule has 0 unspecified atom stereocenters. The Balaban J connectivity index is 1.93. The highest BCUT2D eigenvalue weighted by molar-refractivity contribution is 5.96. The van der Waals surface area contributed by atoms with E-state index >= 15 is 0 Å². The van der Waals surface area contributed by atoms with Crippen LogP contribution >= 0.6 is 0 Å². The van der Waals surface area contributed by atoms with Crippen LogP contribution in [0.2, 0.25) is 0 Å². The Morgan fingerprint density at radius 3 is 2.54 bits per heavy atom. The van der Waals surface area contributed by atoms with Gasteiger partial charge in [0.15, 0.2) is 5.76 Å². The second kappa shape index (κ2) is 6.63. The van der Waals surface area contributed by atoms with Crippen LogP contribution in [0.15, 0.2) is 57.9 Å². The molecule has 3 rings (SSSR count). The predicted molar refractivity (Wildman–Crippen MR) is 100 cm³/mol. The third-order valence-corrected chi connectivity index (χ3v) is 4.42. The molecule has 1 N–H and O–H groups in total. The lowest BCUT2D eigenvalue weighted by molar-refractivity contribution is -0.123. The summed E-state index contributed by atoms with van der Waals surface area (Å²) < 4.78 is 6.51. The molecule has 6 nitrogen and oxygen atoms in total. The highest BCUT2D eigenvalue weighted by atomic mass is 16.3. The molecule has 0 saturated heterocycles. The number of nitrogens with zero attached hydrogens (tertiary/aromatic N) is 2. The number of hydrogen-bond donors (Lipinski definition) is 1. The van der Waals surface area contributed by atoms with Crippen LogP contribution in [0.1, 0.15) is 25.0 Å². The van der Waals surface area contributed by atoms with E-state index < -0.39 is 5.54 Å². The number of amides is 1. The smallest absolute Gasteiger partial charge is 0.267 e. The van der Waals surface area contributed by atoms with Gasteiger partial charge in [-0.05, 0) is 69.2 Å². The van der Waals surface area contributed by atoms with Crippen molar-refractivity contribution in [3.05, 3.63) is 70.2 Å². The van der Waals surface area contributed by atoms with E-state index in [4.69, 9.17) is 4.42 Å². The fourth-order valence-corrected chi connectivity index (χ4v) is 2.57. The largest absolute Gasteiger partial charge is 0.463 e. The number of aryl methyl sites for hydroxylation is 2. The standard InChI is InChI=1S/C20H21N3O3/c1-13-7-8-15(12-14(13)2)21-19(25)20(3,4)23-18(24)10-9-16(22-23)17-6-5-11-26-17/h5-12H,1-4H3,(H,21,25). The van der Waals surface area contributed by atoms with Gasteiger partial charge in [-0.15, -0.1) is 0 Å². The number of carbonyl (C=O) groups excluding carboxylic acids is 1. The Morgan fingerprint density at radius 2 is 1.88 bits per heavy atom. The summed E-state index contributed by atoms with van der Waals surface area (Å²) in [5.41, 5.74) is 1.85. The maximum absolute atomic E-state index is 12.8. The molecule has 3 aromatic rings. The summed E-state index contributed by atoms with van der Waals surface area (Å²) in [6.07, 6.45) is 1.53. The molecular weight excluding hydrogens is 330 g/mol. The molecule has 0 aliphatic rings. The third kappa shape index (κ3) is 3.31. The van der Waals surface area contributed by atoms with Crippen LogP contribution in [-0.4, -0.2) is 15.7 Å². The fraction of sp³-hybridized carbons (Fsp3) is 0.250. The van der Waals surface area contributed by atoms with Gasteiger partial charge in [-0.25, -0.2) is 4.68 Å². The molecule has 0 bridgehead atoms. The average Bonchev–Trinajstić information content (AvgIpc) is 3.13. The van der Waals surface area contributed by atoms with Crippen LogP contribution in [-0.2, 0) is 10.3 Å². The Labute approximate surface area is 151 Å². The molecule has 2 aromatic heterocycles. The van der Waals surface area contributed by atoms with Crippen molar-refractivity contribution in [3.8, 4) is 11.5 Å². The molecule has 0 radical (unpaired) electrons. The quantitative estimate of drug-likeness (QED) is 0.780. The molecule has 1 aromatic carbocycles. The number of hydrogen-bond acceptors (Lipinski definition) is 4. The zero-order chi connectivity index (χ0) is 18.9. The van der Waals surface area contributed by atoms with Crippen LogP contribution in [0.5, 0.6) is 0 Å². The first-order valence-electron chi connectivity index (χ1n) is 8.32. The molecule has 0 saturated carbocycles. The number of benzene rings is 1. The van der Waals surface area contributed by atoms with E-state index in [2.05, 4.69) is 10.4 Å². The minimum Gasteiger partial charge on any atom is -0.463 e. The highest BCUT2D eigenvalue weighted by Gasteiger charge is 2.32. The van der Waals surface area contributed by atoms with Gasteiger partial charge in [0.25, 0.3) is 11.5 Å². The van der Waals surface area contributed by atoms with E-state index in [1.807, 2.05) is 32.0 Å². The molecule has 134 valence electrons. The number of aromatic nitrogens is 2. The topological polar surface area (TPSA) is 77.1 Å². The van der Waals surface area contributed by atoms with Crippen molar-refractivity contribution in [1.82, 2.24) is 9.78 Å². The molecule has 0 atom stereocenters. The van der Waals surface area contributed by atoms with Crippen LogP contribution in [0, 0.1) is 13.8 Å². The molecule has 0 aliphatic carbocycles. The second-order valence-corrected chi connectivity index (χ2v) is 6.76. The van der Waals surface area contributed by atoms with E-state index in [0.29, 0.717) is 17.1 Å². The van der Waals surface area contributed by atoms with Crippen molar-refractivity contribution < 1.29 is 9.21 Å². The number of nitrogens with one attached hydrogen (secondary N) is 1. The molecular formula is C20H21N3O3. The van der Waals surface area contributed by atoms with Gasteiger partial charge < -0.3 is 9.73 Å². The van der Waals surface area contributed by atoms with Gasteiger partial charge in [0.05, 0.1) is 6.26 Å². The Kier molecular flexibility index (Phi) is 4.50. The highest BCUT2D eigenvalue weighted by Crippen LogP contribution is 2.21. The molecule has 0 aliphatic heterocycles. The number of anilines is 1. The number of furan rings is 1. The van der Waals surface area contributed by atoms with Crippen molar-refractivity contribution in [3.63, 3.8) is 0 Å². The molecule has 1 amide bonds. The van der Waals surface area contributed by atoms with E-state index in [1.54, 1.807) is 32.0 Å². The number of carbonyl (C=O) groups is 1. The van der Waals surface area contributed by atoms with E-state index in [0.717, 1.165) is 11.1 Å². The molecule has 26 heavy (non-hydrogen) atoms. The summed E-state index contributed by atoms with van der Waals surface area (Å²) in [5.74, 6) is 0.205. The van der Waals surface area contributed by atoms with Crippen molar-refractivity contribution in [2.45, 2.75) is 33.2 Å². The lowest BCUT2D eigenvalue weighted by Crippen LogP contribution is -2.47. The van der Waals surface area contributed by atoms with Gasteiger partial charge in [0.1, 0.15) is 11.2 Å². The summed E-state index contributed by atoms with van der Waals surface area (Å²) in [6.45, 7) is 7.30. The normalized spacial score (nSPS) is 11.4. The van der Waals surface area contributed by atoms with Gasteiger partial charge in [0.2, 0.25) is 0 Å². The lowest BCUT2D eigenvalue weighted by Gasteiger charge is -2.25. The summed E-state index contributed by atoms with van der Waals surface area (Å²) >= 11 is 0. The van der Waals surface area contributed by atoms with Crippen LogP contribution < -0.4 is 10.9 Å². The van der Waals surface area contributed by atoms with Gasteiger partial charge in [0, 0.05) is 11.8 Å². The number of rotatable bonds is 4. The molecule has 0 spiro atoms. The minimum absolute atomic E-state index is 0.327. The molecule has 2 heterocycles. The molecule has 6 heteroatoms. The third-order valence-electron chi connectivity index (χ3n) is 4.42. The van der Waals surface area contributed by atoms with E-state index in [1.165, 1.54) is 17.0 Å². The van der Waals surface area contributed by atoms with Crippen LogP contribution in [0.25, 0.3) is 11.5 Å². The van der Waals surface area contributed by atoms with Crippen molar-refractivity contribution >= 4 is 11.6 Å². The van der Waals surface area contributed by atoms with Gasteiger partial charge >= 0.3 is 0 Å². The first kappa shape index (κ1) is 17.7.